The molecule has 0 spiro atoms. The van der Waals surface area contributed by atoms with Gasteiger partial charge in [0.25, 0.3) is 0 Å². The Morgan fingerprint density at radius 1 is 1.41 bits per heavy atom. The molecule has 0 aliphatic rings. The average molecular weight is 248 g/mol. The molecule has 0 aromatic heterocycles. The Morgan fingerprint density at radius 3 is 2.82 bits per heavy atom. The molecule has 0 aliphatic heterocycles. The lowest BCUT2D eigenvalue weighted by Gasteiger charge is -2.05. The van der Waals surface area contributed by atoms with Crippen molar-refractivity contribution in [2.24, 2.45) is 0 Å². The van der Waals surface area contributed by atoms with Crippen molar-refractivity contribution in [1.82, 2.24) is 4.72 Å². The van der Waals surface area contributed by atoms with E-state index in [0.717, 1.165) is 0 Å². The summed E-state index contributed by atoms with van der Waals surface area (Å²) in [6.45, 7) is 0.295. The minimum atomic E-state index is -3.54. The van der Waals surface area contributed by atoms with Crippen LogP contribution in [0.1, 0.15) is 18.4 Å². The summed E-state index contributed by atoms with van der Waals surface area (Å²) in [4.78, 5) is 0.0947. The molecule has 5 heteroatoms. The number of hydrogen-bond donors (Lipinski definition) is 1. The molecule has 1 aromatic rings. The van der Waals surface area contributed by atoms with Crippen LogP contribution in [-0.4, -0.2) is 15.0 Å². The smallest absolute Gasteiger partial charge is 0.211 e. The van der Waals surface area contributed by atoms with Gasteiger partial charge in [-0.3, -0.25) is 0 Å². The minimum absolute atomic E-state index is 0.0947. The summed E-state index contributed by atoms with van der Waals surface area (Å²) in [5.74, 6) is 2.43. The molecule has 17 heavy (non-hydrogen) atoms. The van der Waals surface area contributed by atoms with E-state index in [1.165, 1.54) is 18.2 Å². The van der Waals surface area contributed by atoms with Crippen LogP contribution in [0.25, 0.3) is 0 Å². The van der Waals surface area contributed by atoms with Gasteiger partial charge in [0, 0.05) is 13.0 Å². The first-order valence-corrected chi connectivity index (χ1v) is 6.52. The van der Waals surface area contributed by atoms with Gasteiger partial charge in [-0.15, -0.1) is 12.3 Å². The van der Waals surface area contributed by atoms with Gasteiger partial charge in [-0.05, 0) is 24.6 Å². The van der Waals surface area contributed by atoms with E-state index < -0.39 is 10.0 Å². The fourth-order valence-electron chi connectivity index (χ4n) is 1.21. The van der Waals surface area contributed by atoms with Gasteiger partial charge in [-0.2, -0.15) is 5.26 Å². The van der Waals surface area contributed by atoms with E-state index in [-0.39, 0.29) is 4.90 Å². The highest BCUT2D eigenvalue weighted by molar-refractivity contribution is 7.89. The van der Waals surface area contributed by atoms with Crippen molar-refractivity contribution in [2.45, 2.75) is 17.7 Å². The Morgan fingerprint density at radius 2 is 2.18 bits per heavy atom. The zero-order chi connectivity index (χ0) is 12.7. The molecule has 1 N–H and O–H groups in total. The van der Waals surface area contributed by atoms with E-state index >= 15 is 0 Å². The third-order valence-corrected chi connectivity index (χ3v) is 3.52. The molecular formula is C12H12N2O2S. The van der Waals surface area contributed by atoms with Crippen molar-refractivity contribution < 1.29 is 8.42 Å². The monoisotopic (exact) mass is 248 g/mol. The predicted molar refractivity (Wildman–Crippen MR) is 64.4 cm³/mol. The van der Waals surface area contributed by atoms with Crippen molar-refractivity contribution >= 4 is 10.0 Å². The molecule has 1 aromatic carbocycles. The van der Waals surface area contributed by atoms with Gasteiger partial charge in [-0.25, -0.2) is 13.1 Å². The zero-order valence-electron chi connectivity index (χ0n) is 9.18. The fraction of sp³-hybridized carbons (Fsp3) is 0.250. The van der Waals surface area contributed by atoms with E-state index in [9.17, 15) is 8.42 Å². The molecule has 0 saturated heterocycles. The fourth-order valence-corrected chi connectivity index (χ4v) is 2.33. The second kappa shape index (κ2) is 6.05. The number of benzene rings is 1. The third-order valence-electron chi connectivity index (χ3n) is 2.06. The predicted octanol–water partition coefficient (Wildman–Crippen LogP) is 1.25. The second-order valence-corrected chi connectivity index (χ2v) is 5.11. The SMILES string of the molecule is C#CCCCNS(=O)(=O)c1cccc(C#N)c1. The molecule has 0 fully saturated rings. The molecule has 0 aliphatic carbocycles. The van der Waals surface area contributed by atoms with Crippen LogP contribution in [0.2, 0.25) is 0 Å². The van der Waals surface area contributed by atoms with E-state index in [1.54, 1.807) is 6.07 Å². The molecule has 4 nitrogen and oxygen atoms in total. The quantitative estimate of drug-likeness (QED) is 0.629. The van der Waals surface area contributed by atoms with Gasteiger partial charge in [-0.1, -0.05) is 6.07 Å². The van der Waals surface area contributed by atoms with E-state index in [4.69, 9.17) is 11.7 Å². The number of unbranched alkanes of at least 4 members (excludes halogenated alkanes) is 1. The van der Waals surface area contributed by atoms with Crippen molar-refractivity contribution in [3.05, 3.63) is 29.8 Å². The summed E-state index contributed by atoms with van der Waals surface area (Å²) in [5, 5.41) is 8.69. The molecule has 0 atom stereocenters. The molecule has 0 bridgehead atoms. The Hall–Kier alpha value is -1.82. The maximum absolute atomic E-state index is 11.8. The summed E-state index contributed by atoms with van der Waals surface area (Å²) in [5.41, 5.74) is 0.316. The summed E-state index contributed by atoms with van der Waals surface area (Å²) >= 11 is 0. The molecule has 0 radical (unpaired) electrons. The molecule has 88 valence electrons. The van der Waals surface area contributed by atoms with Gasteiger partial charge in [0.2, 0.25) is 10.0 Å². The second-order valence-electron chi connectivity index (χ2n) is 3.35. The number of hydrogen-bond acceptors (Lipinski definition) is 3. The highest BCUT2D eigenvalue weighted by Crippen LogP contribution is 2.10. The van der Waals surface area contributed by atoms with Crippen molar-refractivity contribution in [3.8, 4) is 18.4 Å². The lowest BCUT2D eigenvalue weighted by atomic mass is 10.2. The van der Waals surface area contributed by atoms with Crippen molar-refractivity contribution in [2.75, 3.05) is 6.54 Å². The maximum Gasteiger partial charge on any atom is 0.240 e. The lowest BCUT2D eigenvalue weighted by molar-refractivity contribution is 0.579. The van der Waals surface area contributed by atoms with Gasteiger partial charge >= 0.3 is 0 Å². The van der Waals surface area contributed by atoms with Gasteiger partial charge < -0.3 is 0 Å². The summed E-state index contributed by atoms with van der Waals surface area (Å²) in [6, 6.07) is 7.77. The van der Waals surface area contributed by atoms with Crippen LogP contribution in [0.4, 0.5) is 0 Å². The number of nitriles is 1. The van der Waals surface area contributed by atoms with E-state index in [2.05, 4.69) is 10.6 Å². The first kappa shape index (κ1) is 13.2. The average Bonchev–Trinajstić information content (AvgIpc) is 2.35. The first-order chi connectivity index (χ1) is 8.10. The first-order valence-electron chi connectivity index (χ1n) is 5.03. The van der Waals surface area contributed by atoms with E-state index in [1.807, 2.05) is 6.07 Å². The number of sulfonamides is 1. The highest BCUT2D eigenvalue weighted by Gasteiger charge is 2.13. The third kappa shape index (κ3) is 3.92. The standard InChI is InChI=1S/C12H12N2O2S/c1-2-3-4-8-14-17(15,16)12-7-5-6-11(9-12)10-13/h1,5-7,9,14H,3-4,8H2. The molecule has 1 rings (SSSR count). The van der Waals surface area contributed by atoms with Gasteiger partial charge in [0.15, 0.2) is 0 Å². The normalized spacial score (nSPS) is 10.5. The number of nitrogens with zero attached hydrogens (tertiary/aromatic N) is 1. The Balaban J connectivity index is 2.77. The molecule has 0 amide bonds. The van der Waals surface area contributed by atoms with Crippen LogP contribution in [0.5, 0.6) is 0 Å². The van der Waals surface area contributed by atoms with Crippen LogP contribution in [0.15, 0.2) is 29.2 Å². The minimum Gasteiger partial charge on any atom is -0.211 e. The van der Waals surface area contributed by atoms with Gasteiger partial charge in [0.05, 0.1) is 16.5 Å². The summed E-state index contributed by atoms with van der Waals surface area (Å²) in [6.07, 6.45) is 6.18. The zero-order valence-corrected chi connectivity index (χ0v) is 10.00. The number of rotatable bonds is 5. The summed E-state index contributed by atoms with van der Waals surface area (Å²) < 4.78 is 26.0. The number of nitrogens with one attached hydrogen (secondary N) is 1. The molecule has 0 saturated carbocycles. The van der Waals surface area contributed by atoms with Crippen molar-refractivity contribution in [1.29, 1.82) is 5.26 Å². The maximum atomic E-state index is 11.8. The molecular weight excluding hydrogens is 236 g/mol. The van der Waals surface area contributed by atoms with Crippen LogP contribution < -0.4 is 4.72 Å². The van der Waals surface area contributed by atoms with Crippen LogP contribution >= 0.6 is 0 Å². The lowest BCUT2D eigenvalue weighted by Crippen LogP contribution is -2.24. The highest BCUT2D eigenvalue weighted by atomic mass is 32.2. The largest absolute Gasteiger partial charge is 0.240 e. The van der Waals surface area contributed by atoms with Crippen LogP contribution in [-0.2, 0) is 10.0 Å². The number of terminal acetylenes is 1. The van der Waals surface area contributed by atoms with Crippen LogP contribution in [0, 0.1) is 23.7 Å². The van der Waals surface area contributed by atoms with E-state index in [0.29, 0.717) is 24.9 Å². The van der Waals surface area contributed by atoms with Crippen molar-refractivity contribution in [3.63, 3.8) is 0 Å². The molecule has 0 heterocycles. The topological polar surface area (TPSA) is 70.0 Å². The van der Waals surface area contributed by atoms with Gasteiger partial charge in [0.1, 0.15) is 0 Å². The Labute approximate surface area is 101 Å². The Bertz CT molecular complexity index is 565. The summed E-state index contributed by atoms with van der Waals surface area (Å²) in [7, 11) is -3.54. The van der Waals surface area contributed by atoms with Crippen LogP contribution in [0.3, 0.4) is 0 Å². The Kier molecular flexibility index (Phi) is 4.71. The molecule has 0 unspecified atom stereocenters.